The molecule has 2 amide bonds. The second-order valence-corrected chi connectivity index (χ2v) is 21.9. The summed E-state index contributed by atoms with van der Waals surface area (Å²) >= 11 is 2.38. The SMILES string of the molecule is CC(C)(C)OC(=O)C(C)(C)O/N=C(\C(=O)NC1C(=O)N2C(C(=O)OC(c3ccccc3)c3ccccc3)=C(/C=C/c3ccc([N+](=O)[O-])cc3[N+](=O)[O-])CS[C@H]12)c1csc(NC(c2ccccc2)(c2ccccc2)c2ccccc2)n1. The quantitative estimate of drug-likeness (QED) is 0.0191. The second kappa shape index (κ2) is 23.4. The number of benzene rings is 6. The van der Waals surface area contributed by atoms with E-state index in [4.69, 9.17) is 19.3 Å². The molecule has 1 aromatic heterocycles. The van der Waals surface area contributed by atoms with Crippen molar-refractivity contribution < 1.29 is 43.3 Å². The number of hydrogen-bond acceptors (Lipinski definition) is 16. The number of amides is 2. The Kier molecular flexibility index (Phi) is 16.2. The number of anilines is 1. The number of non-ortho nitro benzene ring substituents is 1. The molecule has 20 heteroatoms. The molecule has 2 aliphatic heterocycles. The Balaban J connectivity index is 1.07. The molecule has 406 valence electrons. The van der Waals surface area contributed by atoms with Gasteiger partial charge in [-0.25, -0.2) is 14.6 Å². The standard InChI is InChI=1S/C60H53N7O11S2/c1-58(2,3)77-56(71)59(4,5)78-64-48(46-37-80-57(61-46)63-60(42-25-15-8-16-26-42,43-27-17-9-18-28-43)44-29-19-10-20-30-44)52(68)62-49-53(69)65-50(55(70)76-51(39-21-11-6-12-22-39)40-23-13-7-14-24-40)41(36-79-54(49)65)32-31-38-33-34-45(66(72)73)35-47(38)67(74)75/h6-35,37,49,51,54H,36H2,1-5H3,(H,61,63)(H,62,68)/b32-31+,64-48-/t49?,54-/m1/s1. The Morgan fingerprint density at radius 1 is 0.750 bits per heavy atom. The highest BCUT2D eigenvalue weighted by molar-refractivity contribution is 8.00. The number of ether oxygens (including phenoxy) is 2. The lowest BCUT2D eigenvalue weighted by Gasteiger charge is -2.49. The maximum absolute atomic E-state index is 14.9. The maximum atomic E-state index is 14.9. The van der Waals surface area contributed by atoms with E-state index in [1.165, 1.54) is 60.1 Å². The first-order valence-corrected chi connectivity index (χ1v) is 27.1. The number of β-lactam (4-membered cyclic amide) rings is 1. The van der Waals surface area contributed by atoms with Gasteiger partial charge in [0.2, 0.25) is 5.60 Å². The summed E-state index contributed by atoms with van der Waals surface area (Å²) in [4.78, 5) is 92.1. The second-order valence-electron chi connectivity index (χ2n) is 20.0. The monoisotopic (exact) mass is 1110 g/mol. The molecule has 0 bridgehead atoms. The molecule has 7 aromatic rings. The van der Waals surface area contributed by atoms with Crippen molar-refractivity contribution in [3.63, 3.8) is 0 Å². The normalized spacial score (nSPS) is 15.7. The van der Waals surface area contributed by atoms with Gasteiger partial charge in [-0.3, -0.25) is 34.7 Å². The van der Waals surface area contributed by atoms with Gasteiger partial charge in [0, 0.05) is 17.2 Å². The van der Waals surface area contributed by atoms with Gasteiger partial charge in [0.1, 0.15) is 33.9 Å². The smallest absolute Gasteiger partial charge is 0.356 e. The highest BCUT2D eigenvalue weighted by atomic mass is 32.2. The highest BCUT2D eigenvalue weighted by Crippen LogP contribution is 2.44. The van der Waals surface area contributed by atoms with Crippen molar-refractivity contribution in [1.29, 1.82) is 0 Å². The van der Waals surface area contributed by atoms with E-state index in [0.29, 0.717) is 16.3 Å². The molecular weight excluding hydrogens is 1060 g/mol. The zero-order valence-corrected chi connectivity index (χ0v) is 45.5. The molecule has 1 saturated heterocycles. The molecule has 1 fully saturated rings. The summed E-state index contributed by atoms with van der Waals surface area (Å²) in [5.74, 6) is -3.26. The lowest BCUT2D eigenvalue weighted by atomic mass is 9.77. The van der Waals surface area contributed by atoms with E-state index in [-0.39, 0.29) is 34.0 Å². The van der Waals surface area contributed by atoms with Crippen molar-refractivity contribution in [2.75, 3.05) is 11.1 Å². The van der Waals surface area contributed by atoms with Gasteiger partial charge in [-0.15, -0.1) is 23.1 Å². The molecule has 9 rings (SSSR count). The number of aromatic nitrogens is 1. The summed E-state index contributed by atoms with van der Waals surface area (Å²) in [7, 11) is 0. The molecular formula is C60H53N7O11S2. The molecule has 0 spiro atoms. The zero-order chi connectivity index (χ0) is 56.8. The fourth-order valence-electron chi connectivity index (χ4n) is 9.04. The maximum Gasteiger partial charge on any atom is 0.356 e. The number of thiazole rings is 1. The molecule has 6 aromatic carbocycles. The van der Waals surface area contributed by atoms with Crippen LogP contribution < -0.4 is 10.6 Å². The fraction of sp³-hybridized carbons (Fsp3) is 0.200. The first-order chi connectivity index (χ1) is 38.3. The number of rotatable bonds is 19. The zero-order valence-electron chi connectivity index (χ0n) is 43.9. The Bertz CT molecular complexity index is 3420. The van der Waals surface area contributed by atoms with E-state index in [2.05, 4.69) is 15.8 Å². The van der Waals surface area contributed by atoms with Gasteiger partial charge in [-0.2, -0.15) is 0 Å². The van der Waals surface area contributed by atoms with E-state index in [1.807, 2.05) is 103 Å². The number of esters is 2. The van der Waals surface area contributed by atoms with Gasteiger partial charge >= 0.3 is 11.9 Å². The van der Waals surface area contributed by atoms with E-state index < -0.39 is 79.2 Å². The third-order valence-corrected chi connectivity index (χ3v) is 15.0. The van der Waals surface area contributed by atoms with Crippen molar-refractivity contribution >= 4 is 75.1 Å². The van der Waals surface area contributed by atoms with Gasteiger partial charge in [0.05, 0.1) is 21.5 Å². The van der Waals surface area contributed by atoms with Crippen molar-refractivity contribution in [3.05, 3.63) is 252 Å². The molecule has 3 heterocycles. The largest absolute Gasteiger partial charge is 0.457 e. The molecule has 0 radical (unpaired) electrons. The van der Waals surface area contributed by atoms with Crippen LogP contribution in [0.3, 0.4) is 0 Å². The van der Waals surface area contributed by atoms with Crippen LogP contribution in [0.25, 0.3) is 6.08 Å². The minimum absolute atomic E-state index is 0.00497. The third kappa shape index (κ3) is 11.9. The minimum atomic E-state index is -1.72. The van der Waals surface area contributed by atoms with Gasteiger partial charge in [-0.1, -0.05) is 163 Å². The van der Waals surface area contributed by atoms with Crippen molar-refractivity contribution in [1.82, 2.24) is 15.2 Å². The van der Waals surface area contributed by atoms with E-state index in [0.717, 1.165) is 28.8 Å². The number of nitrogens with zero attached hydrogens (tertiary/aromatic N) is 5. The van der Waals surface area contributed by atoms with Crippen LogP contribution in [0, 0.1) is 20.2 Å². The van der Waals surface area contributed by atoms with E-state index in [1.54, 1.807) is 74.7 Å². The lowest BCUT2D eigenvalue weighted by molar-refractivity contribution is -0.394. The number of hydrogen-bond donors (Lipinski definition) is 2. The Labute approximate surface area is 468 Å². The highest BCUT2D eigenvalue weighted by Gasteiger charge is 2.55. The summed E-state index contributed by atoms with van der Waals surface area (Å²) in [6, 6.07) is 49.3. The number of carbonyl (C=O) groups is 4. The van der Waals surface area contributed by atoms with E-state index >= 15 is 0 Å². The summed E-state index contributed by atoms with van der Waals surface area (Å²) in [5.41, 5.74) is -1.06. The average molecular weight is 1110 g/mol. The van der Waals surface area contributed by atoms with Gasteiger partial charge in [0.15, 0.2) is 16.9 Å². The fourth-order valence-corrected chi connectivity index (χ4v) is 11.1. The Morgan fingerprint density at radius 2 is 1.29 bits per heavy atom. The van der Waals surface area contributed by atoms with Crippen LogP contribution in [0.1, 0.15) is 79.8 Å². The van der Waals surface area contributed by atoms with Crippen LogP contribution in [-0.4, -0.2) is 77.6 Å². The lowest BCUT2D eigenvalue weighted by Crippen LogP contribution is -2.71. The summed E-state index contributed by atoms with van der Waals surface area (Å²) in [5, 5.41) is 35.5. The topological polar surface area (TPSA) is 235 Å². The summed E-state index contributed by atoms with van der Waals surface area (Å²) in [6.07, 6.45) is 1.82. The number of oxime groups is 1. The van der Waals surface area contributed by atoms with Gasteiger partial charge in [0.25, 0.3) is 23.2 Å². The number of nitro benzene ring substituents is 2. The molecule has 1 unspecified atom stereocenters. The molecule has 2 N–H and O–H groups in total. The van der Waals surface area contributed by atoms with Gasteiger partial charge in [-0.05, 0) is 80.2 Å². The Morgan fingerprint density at radius 3 is 1.80 bits per heavy atom. The van der Waals surface area contributed by atoms with Crippen molar-refractivity contribution in [3.8, 4) is 0 Å². The number of thioether (sulfide) groups is 1. The van der Waals surface area contributed by atoms with Crippen LogP contribution in [0.15, 0.2) is 198 Å². The Hall–Kier alpha value is -9.27. The molecule has 0 aliphatic carbocycles. The van der Waals surface area contributed by atoms with E-state index in [9.17, 15) is 39.4 Å². The first-order valence-electron chi connectivity index (χ1n) is 25.2. The predicted molar refractivity (Wildman–Crippen MR) is 304 cm³/mol. The molecule has 18 nitrogen and oxygen atoms in total. The van der Waals surface area contributed by atoms with Gasteiger partial charge < -0.3 is 24.9 Å². The third-order valence-electron chi connectivity index (χ3n) is 12.9. The minimum Gasteiger partial charge on any atom is -0.457 e. The average Bonchev–Trinajstić information content (AvgIpc) is 3.93. The van der Waals surface area contributed by atoms with Crippen LogP contribution in [0.5, 0.6) is 0 Å². The molecule has 0 saturated carbocycles. The first kappa shape index (κ1) is 55.5. The molecule has 2 atom stereocenters. The number of nitro groups is 2. The van der Waals surface area contributed by atoms with Crippen molar-refractivity contribution in [2.24, 2.45) is 5.16 Å². The van der Waals surface area contributed by atoms with Crippen molar-refractivity contribution in [2.45, 2.75) is 68.9 Å². The summed E-state index contributed by atoms with van der Waals surface area (Å²) in [6.45, 7) is 7.97. The molecule has 2 aliphatic rings. The number of nitrogens with one attached hydrogen (secondary N) is 2. The number of carbonyl (C=O) groups excluding carboxylic acids is 4. The molecule has 80 heavy (non-hydrogen) atoms. The predicted octanol–water partition coefficient (Wildman–Crippen LogP) is 10.9. The van der Waals surface area contributed by atoms with Crippen LogP contribution >= 0.6 is 23.1 Å². The summed E-state index contributed by atoms with van der Waals surface area (Å²) < 4.78 is 11.9. The number of allylic oxidation sites excluding steroid dienone is 1. The van der Waals surface area contributed by atoms with Crippen LogP contribution in [0.2, 0.25) is 0 Å². The van der Waals surface area contributed by atoms with Crippen LogP contribution in [0.4, 0.5) is 16.5 Å². The number of fused-ring (bicyclic) bond motifs is 1. The van der Waals surface area contributed by atoms with Crippen LogP contribution in [-0.2, 0) is 39.0 Å².